The summed E-state index contributed by atoms with van der Waals surface area (Å²) in [4.78, 5) is 0. The minimum absolute atomic E-state index is 0.689. The molecular formula is C12H18N2O. The molecule has 0 unspecified atom stereocenters. The molecule has 0 atom stereocenters. The maximum Gasteiger partial charge on any atom is 0.122 e. The van der Waals surface area contributed by atoms with Gasteiger partial charge in [0.05, 0.1) is 6.61 Å². The van der Waals surface area contributed by atoms with E-state index in [1.807, 2.05) is 0 Å². The molecule has 0 aromatic heterocycles. The van der Waals surface area contributed by atoms with Gasteiger partial charge in [-0.05, 0) is 30.0 Å². The van der Waals surface area contributed by atoms with Crippen LogP contribution in [0.25, 0.3) is 0 Å². The van der Waals surface area contributed by atoms with Crippen LogP contribution in [0.1, 0.15) is 17.5 Å². The maximum absolute atomic E-state index is 5.56. The lowest BCUT2D eigenvalue weighted by atomic mass is 10.0. The minimum atomic E-state index is 0.689. The molecule has 3 heteroatoms. The Labute approximate surface area is 90.6 Å². The Morgan fingerprint density at radius 1 is 1.40 bits per heavy atom. The monoisotopic (exact) mass is 206 g/mol. The van der Waals surface area contributed by atoms with Crippen LogP contribution in [0.3, 0.4) is 0 Å². The molecule has 0 bridgehead atoms. The van der Waals surface area contributed by atoms with Crippen molar-refractivity contribution in [3.05, 3.63) is 29.3 Å². The van der Waals surface area contributed by atoms with Crippen molar-refractivity contribution < 1.29 is 4.74 Å². The van der Waals surface area contributed by atoms with E-state index in [9.17, 15) is 0 Å². The van der Waals surface area contributed by atoms with Gasteiger partial charge in [0.1, 0.15) is 5.75 Å². The van der Waals surface area contributed by atoms with Crippen molar-refractivity contribution in [1.82, 2.24) is 5.32 Å². The van der Waals surface area contributed by atoms with E-state index in [1.54, 1.807) is 0 Å². The van der Waals surface area contributed by atoms with Crippen LogP contribution in [0.2, 0.25) is 0 Å². The first-order chi connectivity index (χ1) is 7.40. The second kappa shape index (κ2) is 5.14. The number of hydrogen-bond acceptors (Lipinski definition) is 3. The third-order valence-electron chi connectivity index (χ3n) is 2.62. The quantitative estimate of drug-likeness (QED) is 0.724. The number of nitrogens with one attached hydrogen (secondary N) is 1. The first kappa shape index (κ1) is 10.5. The van der Waals surface area contributed by atoms with Gasteiger partial charge in [-0.15, -0.1) is 0 Å². The topological polar surface area (TPSA) is 47.3 Å². The second-order valence-corrected chi connectivity index (χ2v) is 3.86. The molecule has 0 spiro atoms. The van der Waals surface area contributed by atoms with Crippen molar-refractivity contribution in [3.8, 4) is 5.75 Å². The zero-order chi connectivity index (χ0) is 10.5. The van der Waals surface area contributed by atoms with Gasteiger partial charge >= 0.3 is 0 Å². The molecule has 1 heterocycles. The highest BCUT2D eigenvalue weighted by Gasteiger charge is 2.09. The predicted octanol–water partition coefficient (Wildman–Crippen LogP) is 1.06. The minimum Gasteiger partial charge on any atom is -0.493 e. The summed E-state index contributed by atoms with van der Waals surface area (Å²) in [6.07, 6.45) is 2.27. The molecule has 0 aliphatic carbocycles. The molecule has 15 heavy (non-hydrogen) atoms. The molecule has 0 fully saturated rings. The summed E-state index contributed by atoms with van der Waals surface area (Å²) in [5.41, 5.74) is 8.07. The molecular weight excluding hydrogens is 188 g/mol. The highest BCUT2D eigenvalue weighted by molar-refractivity contribution is 5.38. The fourth-order valence-electron chi connectivity index (χ4n) is 1.86. The molecule has 3 nitrogen and oxygen atoms in total. The van der Waals surface area contributed by atoms with Gasteiger partial charge in [0.2, 0.25) is 0 Å². The number of fused-ring (bicyclic) bond motifs is 1. The number of rotatable bonds is 4. The highest BCUT2D eigenvalue weighted by Crippen LogP contribution is 2.25. The Morgan fingerprint density at radius 3 is 3.20 bits per heavy atom. The molecule has 0 saturated carbocycles. The predicted molar refractivity (Wildman–Crippen MR) is 61.0 cm³/mol. The van der Waals surface area contributed by atoms with E-state index < -0.39 is 0 Å². The second-order valence-electron chi connectivity index (χ2n) is 3.86. The van der Waals surface area contributed by atoms with Crippen LogP contribution in [0, 0.1) is 0 Å². The fraction of sp³-hybridized carbons (Fsp3) is 0.500. The van der Waals surface area contributed by atoms with Gasteiger partial charge in [-0.25, -0.2) is 0 Å². The van der Waals surface area contributed by atoms with Crippen molar-refractivity contribution >= 4 is 0 Å². The largest absolute Gasteiger partial charge is 0.493 e. The molecule has 2 rings (SSSR count). The van der Waals surface area contributed by atoms with Crippen LogP contribution in [0.4, 0.5) is 0 Å². The Morgan fingerprint density at radius 2 is 2.33 bits per heavy atom. The summed E-state index contributed by atoms with van der Waals surface area (Å²) in [6.45, 7) is 3.31. The molecule has 1 aromatic rings. The Kier molecular flexibility index (Phi) is 3.59. The van der Waals surface area contributed by atoms with Crippen LogP contribution in [0.15, 0.2) is 18.2 Å². The van der Waals surface area contributed by atoms with Crippen LogP contribution in [-0.2, 0) is 13.0 Å². The average Bonchev–Trinajstić information content (AvgIpc) is 2.29. The molecule has 82 valence electrons. The number of ether oxygens (including phenoxy) is 1. The van der Waals surface area contributed by atoms with Gasteiger partial charge in [0.15, 0.2) is 0 Å². The standard InChI is InChI=1S/C12H18N2O/c13-5-6-14-9-10-3-4-12-11(8-10)2-1-7-15-12/h3-4,8,14H,1-2,5-7,9,13H2. The van der Waals surface area contributed by atoms with E-state index in [0.717, 1.165) is 38.3 Å². The molecule has 0 saturated heterocycles. The van der Waals surface area contributed by atoms with E-state index in [4.69, 9.17) is 10.5 Å². The van der Waals surface area contributed by atoms with Gasteiger partial charge in [-0.2, -0.15) is 0 Å². The van der Waals surface area contributed by atoms with Crippen molar-refractivity contribution in [3.63, 3.8) is 0 Å². The SMILES string of the molecule is NCCNCc1ccc2c(c1)CCCO2. The van der Waals surface area contributed by atoms with Crippen molar-refractivity contribution in [2.45, 2.75) is 19.4 Å². The smallest absolute Gasteiger partial charge is 0.122 e. The molecule has 1 aliphatic rings. The van der Waals surface area contributed by atoms with Crippen molar-refractivity contribution in [2.75, 3.05) is 19.7 Å². The average molecular weight is 206 g/mol. The lowest BCUT2D eigenvalue weighted by Gasteiger charge is -2.17. The lowest BCUT2D eigenvalue weighted by molar-refractivity contribution is 0.288. The molecule has 0 amide bonds. The summed E-state index contributed by atoms with van der Waals surface area (Å²) < 4.78 is 5.56. The Bertz CT molecular complexity index is 325. The van der Waals surface area contributed by atoms with Gasteiger partial charge in [0.25, 0.3) is 0 Å². The molecule has 1 aliphatic heterocycles. The zero-order valence-electron chi connectivity index (χ0n) is 8.96. The van der Waals surface area contributed by atoms with Crippen LogP contribution in [0.5, 0.6) is 5.75 Å². The summed E-state index contributed by atoms with van der Waals surface area (Å²) in [5.74, 6) is 1.06. The van der Waals surface area contributed by atoms with Gasteiger partial charge in [0, 0.05) is 19.6 Å². The fourth-order valence-corrected chi connectivity index (χ4v) is 1.86. The molecule has 0 radical (unpaired) electrons. The zero-order valence-corrected chi connectivity index (χ0v) is 8.96. The normalized spacial score (nSPS) is 14.5. The molecule has 3 N–H and O–H groups in total. The number of benzene rings is 1. The van der Waals surface area contributed by atoms with Crippen molar-refractivity contribution in [1.29, 1.82) is 0 Å². The Hall–Kier alpha value is -1.06. The van der Waals surface area contributed by atoms with Gasteiger partial charge in [-0.3, -0.25) is 0 Å². The van der Waals surface area contributed by atoms with Crippen LogP contribution < -0.4 is 15.8 Å². The van der Waals surface area contributed by atoms with E-state index in [2.05, 4.69) is 23.5 Å². The number of nitrogens with two attached hydrogens (primary N) is 1. The van der Waals surface area contributed by atoms with E-state index in [1.165, 1.54) is 11.1 Å². The third-order valence-corrected chi connectivity index (χ3v) is 2.62. The summed E-state index contributed by atoms with van der Waals surface area (Å²) >= 11 is 0. The lowest BCUT2D eigenvalue weighted by Crippen LogP contribution is -2.22. The van der Waals surface area contributed by atoms with Crippen LogP contribution >= 0.6 is 0 Å². The van der Waals surface area contributed by atoms with Gasteiger partial charge < -0.3 is 15.8 Å². The first-order valence-corrected chi connectivity index (χ1v) is 5.55. The van der Waals surface area contributed by atoms with E-state index in [0.29, 0.717) is 6.54 Å². The number of aryl methyl sites for hydroxylation is 1. The first-order valence-electron chi connectivity index (χ1n) is 5.55. The highest BCUT2D eigenvalue weighted by atomic mass is 16.5. The third kappa shape index (κ3) is 2.70. The number of hydrogen-bond donors (Lipinski definition) is 2. The maximum atomic E-state index is 5.56. The summed E-state index contributed by atoms with van der Waals surface area (Å²) in [6, 6.07) is 6.43. The van der Waals surface area contributed by atoms with E-state index >= 15 is 0 Å². The van der Waals surface area contributed by atoms with E-state index in [-0.39, 0.29) is 0 Å². The Balaban J connectivity index is 2.00. The van der Waals surface area contributed by atoms with Crippen LogP contribution in [-0.4, -0.2) is 19.7 Å². The summed E-state index contributed by atoms with van der Waals surface area (Å²) in [5, 5.41) is 3.29. The van der Waals surface area contributed by atoms with Gasteiger partial charge in [-0.1, -0.05) is 12.1 Å². The summed E-state index contributed by atoms with van der Waals surface area (Å²) in [7, 11) is 0. The molecule has 1 aromatic carbocycles. The van der Waals surface area contributed by atoms with Crippen molar-refractivity contribution in [2.24, 2.45) is 5.73 Å².